The molecule has 13 heteroatoms. The summed E-state index contributed by atoms with van der Waals surface area (Å²) in [6.45, 7) is 5.58. The highest BCUT2D eigenvalue weighted by atomic mass is 19.4. The van der Waals surface area contributed by atoms with Crippen LogP contribution in [0.2, 0.25) is 0 Å². The molecule has 0 amide bonds. The van der Waals surface area contributed by atoms with E-state index in [2.05, 4.69) is 20.1 Å². The summed E-state index contributed by atoms with van der Waals surface area (Å²) in [7, 11) is 0. The van der Waals surface area contributed by atoms with Crippen LogP contribution < -0.4 is 0 Å². The summed E-state index contributed by atoms with van der Waals surface area (Å²) < 4.78 is 58.0. The van der Waals surface area contributed by atoms with Gasteiger partial charge in [-0.3, -0.25) is 4.90 Å². The van der Waals surface area contributed by atoms with Gasteiger partial charge in [-0.2, -0.15) is 27.9 Å². The predicted octanol–water partition coefficient (Wildman–Crippen LogP) is 3.32. The number of aliphatic carboxylic acids is 1. The van der Waals surface area contributed by atoms with E-state index < -0.39 is 12.1 Å². The molecule has 5 rings (SSSR count). The smallest absolute Gasteiger partial charge is 0.475 e. The van der Waals surface area contributed by atoms with Crippen molar-refractivity contribution in [1.29, 1.82) is 0 Å². The Morgan fingerprint density at radius 1 is 1.24 bits per heavy atom. The van der Waals surface area contributed by atoms with Crippen LogP contribution in [0, 0.1) is 5.82 Å². The summed E-state index contributed by atoms with van der Waals surface area (Å²) in [6.07, 6.45) is -2.15. The van der Waals surface area contributed by atoms with Crippen molar-refractivity contribution >= 4 is 16.9 Å². The summed E-state index contributed by atoms with van der Waals surface area (Å²) >= 11 is 0. The second-order valence-electron chi connectivity index (χ2n) is 8.10. The average molecular weight is 485 g/mol. The van der Waals surface area contributed by atoms with Crippen LogP contribution in [0.25, 0.3) is 16.9 Å². The molecule has 0 unspecified atom stereocenters. The van der Waals surface area contributed by atoms with Crippen molar-refractivity contribution in [2.24, 2.45) is 0 Å². The number of benzene rings is 1. The first-order valence-corrected chi connectivity index (χ1v) is 10.8. The zero-order valence-electron chi connectivity index (χ0n) is 18.3. The fourth-order valence-electron chi connectivity index (χ4n) is 4.06. The molecule has 0 aliphatic carbocycles. The summed E-state index contributed by atoms with van der Waals surface area (Å²) in [6, 6.07) is 5.27. The number of carboxylic acids is 1. The second kappa shape index (κ2) is 9.66. The number of nitrogens with zero attached hydrogens (tertiary/aromatic N) is 5. The van der Waals surface area contributed by atoms with E-state index in [1.165, 1.54) is 12.1 Å². The predicted molar refractivity (Wildman–Crippen MR) is 110 cm³/mol. The molecule has 1 N–H and O–H groups in total. The van der Waals surface area contributed by atoms with E-state index in [4.69, 9.17) is 19.2 Å². The topological polar surface area (TPSA) is 107 Å². The Bertz CT molecular complexity index is 1150. The number of aromatic nitrogens is 4. The zero-order valence-corrected chi connectivity index (χ0v) is 18.3. The third-order valence-electron chi connectivity index (χ3n) is 5.88. The van der Waals surface area contributed by atoms with Gasteiger partial charge in [0.1, 0.15) is 5.82 Å². The van der Waals surface area contributed by atoms with Crippen LogP contribution in [0.3, 0.4) is 0 Å². The van der Waals surface area contributed by atoms with Crippen molar-refractivity contribution in [2.75, 3.05) is 26.3 Å². The Kier molecular flexibility index (Phi) is 6.84. The normalized spacial score (nSPS) is 17.9. The monoisotopic (exact) mass is 485 g/mol. The number of hydrogen-bond donors (Lipinski definition) is 1. The van der Waals surface area contributed by atoms with Crippen LogP contribution in [0.5, 0.6) is 0 Å². The zero-order chi connectivity index (χ0) is 24.5. The third-order valence-corrected chi connectivity index (χ3v) is 5.88. The Morgan fingerprint density at radius 2 is 1.91 bits per heavy atom. The van der Waals surface area contributed by atoms with E-state index in [-0.39, 0.29) is 11.7 Å². The van der Waals surface area contributed by atoms with Gasteiger partial charge in [0.05, 0.1) is 17.1 Å². The number of carboxylic acid groups (broad SMARTS) is 1. The van der Waals surface area contributed by atoms with E-state index in [0.717, 1.165) is 56.6 Å². The van der Waals surface area contributed by atoms with E-state index in [0.29, 0.717) is 23.4 Å². The number of likely N-dealkylation sites (tertiary alicyclic amines) is 1. The number of alkyl halides is 3. The lowest BCUT2D eigenvalue weighted by atomic mass is 9.94. The fraction of sp³-hybridized carbons (Fsp3) is 0.524. The van der Waals surface area contributed by atoms with Crippen LogP contribution in [-0.4, -0.2) is 74.4 Å². The van der Waals surface area contributed by atoms with Gasteiger partial charge in [0.25, 0.3) is 5.95 Å². The lowest BCUT2D eigenvalue weighted by molar-refractivity contribution is -0.192. The summed E-state index contributed by atoms with van der Waals surface area (Å²) in [4.78, 5) is 15.9. The molecule has 2 fully saturated rings. The Morgan fingerprint density at radius 3 is 2.53 bits per heavy atom. The molecule has 184 valence electrons. The van der Waals surface area contributed by atoms with Gasteiger partial charge in [0.15, 0.2) is 0 Å². The van der Waals surface area contributed by atoms with E-state index in [1.807, 2.05) is 6.92 Å². The largest absolute Gasteiger partial charge is 0.490 e. The van der Waals surface area contributed by atoms with Crippen molar-refractivity contribution in [3.8, 4) is 5.95 Å². The van der Waals surface area contributed by atoms with E-state index in [1.54, 1.807) is 10.7 Å². The number of rotatable bonds is 4. The first kappa shape index (κ1) is 24.1. The van der Waals surface area contributed by atoms with Gasteiger partial charge in [0, 0.05) is 43.8 Å². The second-order valence-corrected chi connectivity index (χ2v) is 8.10. The molecule has 2 saturated heterocycles. The molecule has 34 heavy (non-hydrogen) atoms. The van der Waals surface area contributed by atoms with Crippen LogP contribution >= 0.6 is 0 Å². The summed E-state index contributed by atoms with van der Waals surface area (Å²) in [5.41, 5.74) is 1.56. The molecule has 2 aliphatic heterocycles. The SMILES string of the molecule is CCc1nn(-c2noc(C3CN(C4CCOCC4)C3)n2)c2cc(F)ccc12.O=C(O)C(F)(F)F. The number of fused-ring (bicyclic) bond motifs is 1. The first-order chi connectivity index (χ1) is 16.2. The molecule has 0 saturated carbocycles. The average Bonchev–Trinajstić information content (AvgIpc) is 3.37. The lowest BCUT2D eigenvalue weighted by Crippen LogP contribution is -2.52. The molecule has 0 spiro atoms. The maximum atomic E-state index is 13.7. The Labute approximate surface area is 191 Å². The maximum Gasteiger partial charge on any atom is 0.490 e. The van der Waals surface area contributed by atoms with Gasteiger partial charge in [-0.05, 0) is 36.6 Å². The van der Waals surface area contributed by atoms with Crippen molar-refractivity contribution in [1.82, 2.24) is 24.8 Å². The first-order valence-electron chi connectivity index (χ1n) is 10.8. The molecule has 0 bridgehead atoms. The van der Waals surface area contributed by atoms with Crippen molar-refractivity contribution in [2.45, 2.75) is 44.3 Å². The standard InChI is InChI=1S/C19H22FN5O2.C2HF3O2/c1-2-16-15-4-3-13(20)9-17(15)25(22-16)19-21-18(27-23-19)12-10-24(11-12)14-5-7-26-8-6-14;3-2(4,5)1(6)7/h3-4,9,12,14H,2,5-8,10-11H2,1H3;(H,6,7). The molecule has 4 heterocycles. The summed E-state index contributed by atoms with van der Waals surface area (Å²) in [5, 5.41) is 16.7. The van der Waals surface area contributed by atoms with Crippen LogP contribution in [0.1, 0.15) is 37.3 Å². The highest BCUT2D eigenvalue weighted by molar-refractivity contribution is 5.83. The lowest BCUT2D eigenvalue weighted by Gasteiger charge is -2.44. The highest BCUT2D eigenvalue weighted by Gasteiger charge is 2.38. The van der Waals surface area contributed by atoms with Crippen LogP contribution in [0.4, 0.5) is 17.6 Å². The van der Waals surface area contributed by atoms with Crippen molar-refractivity contribution in [3.63, 3.8) is 0 Å². The van der Waals surface area contributed by atoms with Gasteiger partial charge < -0.3 is 14.4 Å². The van der Waals surface area contributed by atoms with Gasteiger partial charge in [-0.15, -0.1) is 0 Å². The minimum absolute atomic E-state index is 0.248. The van der Waals surface area contributed by atoms with Gasteiger partial charge in [-0.25, -0.2) is 9.18 Å². The quantitative estimate of drug-likeness (QED) is 0.561. The molecule has 2 aromatic heterocycles. The van der Waals surface area contributed by atoms with Gasteiger partial charge >= 0.3 is 12.1 Å². The molecular formula is C21H23F4N5O4. The number of aryl methyl sites for hydroxylation is 1. The van der Waals surface area contributed by atoms with Crippen molar-refractivity contribution < 1.29 is 36.7 Å². The molecule has 9 nitrogen and oxygen atoms in total. The molecule has 2 aliphatic rings. The molecule has 1 aromatic carbocycles. The molecule has 3 aromatic rings. The highest BCUT2D eigenvalue weighted by Crippen LogP contribution is 2.31. The fourth-order valence-corrected chi connectivity index (χ4v) is 4.06. The van der Waals surface area contributed by atoms with E-state index >= 15 is 0 Å². The molecular weight excluding hydrogens is 462 g/mol. The minimum Gasteiger partial charge on any atom is -0.475 e. The van der Waals surface area contributed by atoms with Gasteiger partial charge in [0.2, 0.25) is 5.89 Å². The third kappa shape index (κ3) is 5.04. The Balaban J connectivity index is 0.000000344. The maximum absolute atomic E-state index is 13.7. The number of hydrogen-bond acceptors (Lipinski definition) is 7. The number of halogens is 4. The van der Waals surface area contributed by atoms with Crippen molar-refractivity contribution in [3.05, 3.63) is 35.6 Å². The van der Waals surface area contributed by atoms with E-state index in [9.17, 15) is 17.6 Å². The molecule has 0 radical (unpaired) electrons. The van der Waals surface area contributed by atoms with Crippen LogP contribution in [-0.2, 0) is 16.0 Å². The van der Waals surface area contributed by atoms with Gasteiger partial charge in [-0.1, -0.05) is 6.92 Å². The van der Waals surface area contributed by atoms with Crippen LogP contribution in [0.15, 0.2) is 22.7 Å². The Hall–Kier alpha value is -3.06. The minimum atomic E-state index is -5.08. The molecule has 0 atom stereocenters. The number of carbonyl (C=O) groups is 1. The summed E-state index contributed by atoms with van der Waals surface area (Å²) in [5.74, 6) is -1.82. The number of ether oxygens (including phenoxy) is 1.